The predicted octanol–water partition coefficient (Wildman–Crippen LogP) is 8.62. The van der Waals surface area contributed by atoms with E-state index in [2.05, 4.69) is 106 Å². The summed E-state index contributed by atoms with van der Waals surface area (Å²) in [5.74, 6) is 7.25. The van der Waals surface area contributed by atoms with E-state index in [0.29, 0.717) is 39.3 Å². The van der Waals surface area contributed by atoms with Gasteiger partial charge in [-0.05, 0) is 176 Å². The lowest BCUT2D eigenvalue weighted by Crippen LogP contribution is -2.41. The first-order valence-electron chi connectivity index (χ1n) is 23.1. The minimum absolute atomic E-state index is 0. The van der Waals surface area contributed by atoms with E-state index in [1.165, 1.54) is 13.0 Å². The number of carbonyl (C=O) groups excluding carboxylic acids is 3. The lowest BCUT2D eigenvalue weighted by Gasteiger charge is -2.30. The molecular weight excluding hydrogens is 901 g/mol. The molecule has 0 bridgehead atoms. The first kappa shape index (κ1) is 64.1. The number of amides is 2. The van der Waals surface area contributed by atoms with Crippen LogP contribution in [0.5, 0.6) is 0 Å². The normalized spacial score (nSPS) is 16.0. The van der Waals surface area contributed by atoms with E-state index in [0.717, 1.165) is 42.9 Å². The molecule has 2 spiro atoms. The van der Waals surface area contributed by atoms with Crippen LogP contribution in [-0.4, -0.2) is 118 Å². The highest BCUT2D eigenvalue weighted by molar-refractivity contribution is 5.94. The zero-order valence-electron chi connectivity index (χ0n) is 42.4. The van der Waals surface area contributed by atoms with Crippen LogP contribution in [-0.2, 0) is 42.9 Å². The number of carbonyl (C=O) groups is 4. The molecule has 0 aromatic heterocycles. The summed E-state index contributed by atoms with van der Waals surface area (Å²) in [7, 11) is 0. The molecule has 2 amide bonds. The largest absolute Gasteiger partial charge is 0.478 e. The number of allylic oxidation sites excluding steroid dienone is 4. The maximum Gasteiger partial charge on any atom is 0.331 e. The van der Waals surface area contributed by atoms with Gasteiger partial charge in [0.1, 0.15) is 6.10 Å². The fourth-order valence-corrected chi connectivity index (χ4v) is 7.13. The summed E-state index contributed by atoms with van der Waals surface area (Å²) in [5, 5.41) is 17.4. The van der Waals surface area contributed by atoms with Crippen molar-refractivity contribution >= 4 is 23.8 Å². The third-order valence-corrected chi connectivity index (χ3v) is 9.75. The molecule has 4 aliphatic rings. The Labute approximate surface area is 422 Å². The van der Waals surface area contributed by atoms with Gasteiger partial charge in [-0.15, -0.1) is 0 Å². The Bertz CT molecular complexity index is 2420. The molecular formula is C58H72N2O11. The molecule has 0 aromatic rings. The molecule has 2 saturated heterocycles. The van der Waals surface area contributed by atoms with Crippen LogP contribution in [0.1, 0.15) is 115 Å². The molecule has 71 heavy (non-hydrogen) atoms. The van der Waals surface area contributed by atoms with Gasteiger partial charge < -0.3 is 43.7 Å². The summed E-state index contributed by atoms with van der Waals surface area (Å²) < 4.78 is 27.8. The lowest BCUT2D eigenvalue weighted by atomic mass is 9.93. The number of aliphatic hydroxyl groups is 1. The monoisotopic (exact) mass is 973 g/mol. The smallest absolute Gasteiger partial charge is 0.331 e. The van der Waals surface area contributed by atoms with Crippen LogP contribution in [0.4, 0.5) is 0 Å². The average Bonchev–Trinajstić information content (AvgIpc) is 3.95. The minimum atomic E-state index is -0.927. The molecule has 2 N–H and O–H groups in total. The fraction of sp³-hybridized carbons (Fsp3) is 0.500. The Kier molecular flexibility index (Phi) is 31.8. The Morgan fingerprint density at radius 1 is 0.606 bits per heavy atom. The summed E-state index contributed by atoms with van der Waals surface area (Å²) in [6.45, 7) is 27.8. The molecule has 2 aliphatic carbocycles. The molecule has 4 rings (SSSR count). The Balaban J connectivity index is 0.000000977. The van der Waals surface area contributed by atoms with Gasteiger partial charge in [-0.25, -0.2) is 9.59 Å². The summed E-state index contributed by atoms with van der Waals surface area (Å²) >= 11 is 0. The molecule has 2 atom stereocenters. The van der Waals surface area contributed by atoms with Crippen LogP contribution in [0.3, 0.4) is 0 Å². The Hall–Kier alpha value is -6.92. The summed E-state index contributed by atoms with van der Waals surface area (Å²) in [5.41, 5.74) is 28.9. The molecule has 2 heterocycles. The van der Waals surface area contributed by atoms with Crippen molar-refractivity contribution < 1.29 is 53.1 Å². The zero-order valence-corrected chi connectivity index (χ0v) is 42.4. The number of hydrogen-bond donors (Lipinski definition) is 2. The van der Waals surface area contributed by atoms with Crippen LogP contribution in [0.2, 0.25) is 0 Å². The van der Waals surface area contributed by atoms with Gasteiger partial charge in [0.25, 0.3) is 11.8 Å². The highest BCUT2D eigenvalue weighted by Gasteiger charge is 2.39. The Morgan fingerprint density at radius 2 is 0.958 bits per heavy atom. The quantitative estimate of drug-likeness (QED) is 0.0986. The van der Waals surface area contributed by atoms with Crippen LogP contribution in [0.15, 0.2) is 124 Å². The highest BCUT2D eigenvalue weighted by atomic mass is 16.7. The molecule has 0 aromatic carbocycles. The van der Waals surface area contributed by atoms with E-state index in [9.17, 15) is 19.2 Å². The molecule has 2 aliphatic heterocycles. The third-order valence-electron chi connectivity index (χ3n) is 9.75. The molecule has 380 valence electrons. The molecule has 13 nitrogen and oxygen atoms in total. The molecule has 0 unspecified atom stereocenters. The van der Waals surface area contributed by atoms with Crippen LogP contribution < -0.4 is 0 Å². The van der Waals surface area contributed by atoms with E-state index in [1.807, 2.05) is 61.5 Å². The standard InChI is InChI=1S/C22H31NO5.C13H4.C11H19NO2.C11H14O4.CH4/c1-16(2)23(17(3)4)20(24)10-8-18(5)28-21(25)11-9-19-7-6-12-22(15-19)26-13-14-27-22;1-3-5-7-9-11-13-12-10-8-6-4-2;1-8(2)12(9(3)4)11(14)7-6-10(5)13;12-10(13)4-3-9-2-1-5-11(8-9)14-6-7-15-11;/h7,9,11,16-18H,6,12-15H2,1-5H3;1-2H2;8-10,13H,1-5H3;2-4H,1,5-8H2,(H,12,13);1H4/b11-9+;;;4-3+;/t18-;;10-;;/m1.1../s1. The first-order valence-corrected chi connectivity index (χ1v) is 23.1. The van der Waals surface area contributed by atoms with Crippen molar-refractivity contribution in [1.29, 1.82) is 0 Å². The van der Waals surface area contributed by atoms with Gasteiger partial charge in [0.15, 0.2) is 17.7 Å². The second-order valence-electron chi connectivity index (χ2n) is 16.8. The van der Waals surface area contributed by atoms with E-state index in [4.69, 9.17) is 33.9 Å². The topological polar surface area (TPSA) is 161 Å². The maximum absolute atomic E-state index is 12.2. The number of carboxylic acid groups (broad SMARTS) is 1. The van der Waals surface area contributed by atoms with Crippen LogP contribution >= 0.6 is 0 Å². The molecule has 0 radical (unpaired) electrons. The molecule has 0 saturated carbocycles. The number of esters is 1. The van der Waals surface area contributed by atoms with Crippen molar-refractivity contribution in [1.82, 2.24) is 9.80 Å². The number of carboxylic acids is 1. The predicted molar refractivity (Wildman–Crippen MR) is 273 cm³/mol. The van der Waals surface area contributed by atoms with Crippen molar-refractivity contribution in [2.45, 2.75) is 163 Å². The number of aliphatic hydroxyl groups excluding tert-OH is 1. The third kappa shape index (κ3) is 27.2. The summed E-state index contributed by atoms with van der Waals surface area (Å²) in [4.78, 5) is 49.6. The second-order valence-corrected chi connectivity index (χ2v) is 16.8. The summed E-state index contributed by atoms with van der Waals surface area (Å²) in [6, 6.07) is 0.376. The number of ether oxygens (including phenoxy) is 5. The average molecular weight is 973 g/mol. The van der Waals surface area contributed by atoms with Gasteiger partial charge >= 0.3 is 11.9 Å². The molecule has 13 heteroatoms. The van der Waals surface area contributed by atoms with Gasteiger partial charge in [0.2, 0.25) is 0 Å². The number of nitrogens with zero attached hydrogens (tertiary/aromatic N) is 2. The first-order chi connectivity index (χ1) is 33.2. The van der Waals surface area contributed by atoms with Crippen molar-refractivity contribution in [2.24, 2.45) is 0 Å². The maximum atomic E-state index is 12.2. The lowest BCUT2D eigenvalue weighted by molar-refractivity contribution is -0.162. The van der Waals surface area contributed by atoms with Gasteiger partial charge in [-0.1, -0.05) is 49.1 Å². The van der Waals surface area contributed by atoms with Gasteiger partial charge in [-0.2, -0.15) is 0 Å². The number of aliphatic carboxylic acids is 1. The van der Waals surface area contributed by atoms with Gasteiger partial charge in [0, 0.05) is 62.0 Å². The van der Waals surface area contributed by atoms with Crippen molar-refractivity contribution in [2.75, 3.05) is 26.4 Å². The van der Waals surface area contributed by atoms with Crippen LogP contribution in [0, 0.1) is 23.7 Å². The van der Waals surface area contributed by atoms with E-state index >= 15 is 0 Å². The van der Waals surface area contributed by atoms with E-state index < -0.39 is 35.7 Å². The SMILES string of the molecule is C.C=C=C=C=C=C=C=C=C=C=C=C=C.CC(C)N(C(=O)C#C[C@@H](C)O)C(C)C.CC(C)N(C(=O)C#C[C@@H](C)OC(=O)/C=C/C1=CCCC2(C1)OCCO2)C(C)C.O=C(O)/C=C/C1=CCCC2(C1)OCCO2. The Morgan fingerprint density at radius 3 is 1.30 bits per heavy atom. The minimum Gasteiger partial charge on any atom is -0.478 e. The summed E-state index contributed by atoms with van der Waals surface area (Å²) in [6.07, 6.45) is 13.3. The van der Waals surface area contributed by atoms with Gasteiger partial charge in [-0.3, -0.25) is 9.59 Å². The fourth-order valence-electron chi connectivity index (χ4n) is 7.13. The highest BCUT2D eigenvalue weighted by Crippen LogP contribution is 2.37. The van der Waals surface area contributed by atoms with Gasteiger partial charge in [0.05, 0.1) is 26.4 Å². The second kappa shape index (κ2) is 35.2. The van der Waals surface area contributed by atoms with Crippen molar-refractivity contribution in [3.8, 4) is 23.7 Å². The number of hydrogen-bond acceptors (Lipinski definition) is 10. The number of rotatable bonds is 9. The van der Waals surface area contributed by atoms with Crippen LogP contribution in [0.25, 0.3) is 0 Å². The van der Waals surface area contributed by atoms with Crippen molar-refractivity contribution in [3.63, 3.8) is 0 Å². The molecule has 2 fully saturated rings. The van der Waals surface area contributed by atoms with E-state index in [-0.39, 0.29) is 43.4 Å². The van der Waals surface area contributed by atoms with E-state index in [1.54, 1.807) is 28.9 Å². The zero-order chi connectivity index (χ0) is 52.5. The van der Waals surface area contributed by atoms with Crippen molar-refractivity contribution in [3.05, 3.63) is 124 Å².